The molecule has 2 atom stereocenters. The zero-order valence-corrected chi connectivity index (χ0v) is 16.8. The number of amides is 1. The summed E-state index contributed by atoms with van der Waals surface area (Å²) in [7, 11) is 0. The number of rotatable bonds is 5. The van der Waals surface area contributed by atoms with E-state index >= 15 is 0 Å². The Morgan fingerprint density at radius 2 is 1.64 bits per heavy atom. The predicted molar refractivity (Wildman–Crippen MR) is 115 cm³/mol. The van der Waals surface area contributed by atoms with Gasteiger partial charge in [-0.1, -0.05) is 60.7 Å². The van der Waals surface area contributed by atoms with E-state index in [1.165, 1.54) is 0 Å². The van der Waals surface area contributed by atoms with Gasteiger partial charge in [0, 0.05) is 12.3 Å². The molecule has 3 aromatic carbocycles. The number of carbonyl (C=O) groups excluding carboxylic acids is 1. The predicted octanol–water partition coefficient (Wildman–Crippen LogP) is 6.03. The second-order valence-corrected chi connectivity index (χ2v) is 8.14. The highest BCUT2D eigenvalue weighted by molar-refractivity contribution is 7.99. The van der Waals surface area contributed by atoms with Crippen molar-refractivity contribution in [3.05, 3.63) is 96.1 Å². The molecule has 3 nitrogen and oxygen atoms in total. The minimum Gasteiger partial charge on any atom is -0.457 e. The summed E-state index contributed by atoms with van der Waals surface area (Å²) in [6.45, 7) is 0.688. The fourth-order valence-corrected chi connectivity index (χ4v) is 4.76. The van der Waals surface area contributed by atoms with Gasteiger partial charge in [0.05, 0.1) is 0 Å². The highest BCUT2D eigenvalue weighted by Crippen LogP contribution is 2.41. The number of nitrogens with zero attached hydrogens (tertiary/aromatic N) is 1. The van der Waals surface area contributed by atoms with Crippen LogP contribution in [0, 0.1) is 0 Å². The van der Waals surface area contributed by atoms with Gasteiger partial charge in [0.1, 0.15) is 22.2 Å². The molecule has 0 unspecified atom stereocenters. The molecular weight excluding hydrogens is 390 g/mol. The first-order chi connectivity index (χ1) is 13.7. The minimum absolute atomic E-state index is 0.0581. The lowest BCUT2D eigenvalue weighted by Crippen LogP contribution is -2.33. The van der Waals surface area contributed by atoms with Gasteiger partial charge in [-0.15, -0.1) is 23.4 Å². The number of hydrogen-bond acceptors (Lipinski definition) is 3. The van der Waals surface area contributed by atoms with E-state index in [-0.39, 0.29) is 11.3 Å². The molecule has 0 aliphatic carbocycles. The van der Waals surface area contributed by atoms with Crippen LogP contribution in [0.1, 0.15) is 21.9 Å². The van der Waals surface area contributed by atoms with Crippen molar-refractivity contribution in [2.24, 2.45) is 0 Å². The van der Waals surface area contributed by atoms with Crippen molar-refractivity contribution in [2.45, 2.75) is 10.8 Å². The van der Waals surface area contributed by atoms with Gasteiger partial charge in [-0.25, -0.2) is 0 Å². The molecule has 1 fully saturated rings. The molecule has 0 spiro atoms. The standard InChI is InChI=1S/C23H20ClNO2S/c24-21(17-8-3-1-4-9-17)22(26)25-14-15-28-23(25)18-10-7-13-20(16-18)27-19-11-5-2-6-12-19/h1-13,16,21,23H,14-15H2/t21-,23-/m1/s1. The molecule has 1 aliphatic rings. The summed E-state index contributed by atoms with van der Waals surface area (Å²) in [5, 5.41) is -0.733. The van der Waals surface area contributed by atoms with E-state index in [4.69, 9.17) is 16.3 Å². The van der Waals surface area contributed by atoms with Gasteiger partial charge in [0.2, 0.25) is 5.91 Å². The fraction of sp³-hybridized carbons (Fsp3) is 0.174. The van der Waals surface area contributed by atoms with Crippen LogP contribution in [-0.2, 0) is 4.79 Å². The van der Waals surface area contributed by atoms with Crippen LogP contribution in [0.15, 0.2) is 84.9 Å². The van der Waals surface area contributed by atoms with Crippen molar-refractivity contribution < 1.29 is 9.53 Å². The van der Waals surface area contributed by atoms with Crippen molar-refractivity contribution in [1.82, 2.24) is 4.90 Å². The number of alkyl halides is 1. The number of ether oxygens (including phenoxy) is 1. The number of halogens is 1. The summed E-state index contributed by atoms with van der Waals surface area (Å²) in [4.78, 5) is 14.9. The highest BCUT2D eigenvalue weighted by atomic mass is 35.5. The fourth-order valence-electron chi connectivity index (χ4n) is 3.24. The quantitative estimate of drug-likeness (QED) is 0.481. The summed E-state index contributed by atoms with van der Waals surface area (Å²) in [5.41, 5.74) is 1.87. The van der Waals surface area contributed by atoms with Crippen LogP contribution in [0.4, 0.5) is 0 Å². The third-order valence-corrected chi connectivity index (χ3v) is 6.30. The van der Waals surface area contributed by atoms with Gasteiger partial charge in [-0.2, -0.15) is 0 Å². The molecular formula is C23H20ClNO2S. The first kappa shape index (κ1) is 18.9. The van der Waals surface area contributed by atoms with Crippen LogP contribution in [0.25, 0.3) is 0 Å². The van der Waals surface area contributed by atoms with Gasteiger partial charge in [-0.05, 0) is 35.4 Å². The molecule has 1 saturated heterocycles. The van der Waals surface area contributed by atoms with E-state index in [1.807, 2.05) is 89.8 Å². The number of benzene rings is 3. The Morgan fingerprint density at radius 1 is 0.964 bits per heavy atom. The average Bonchev–Trinajstić information content (AvgIpc) is 3.24. The summed E-state index contributed by atoms with van der Waals surface area (Å²) in [6.07, 6.45) is 0. The molecule has 0 saturated carbocycles. The SMILES string of the molecule is O=C([C@H](Cl)c1ccccc1)N1CCS[C@@H]1c1cccc(Oc2ccccc2)c1. The van der Waals surface area contributed by atoms with Crippen molar-refractivity contribution >= 4 is 29.3 Å². The van der Waals surface area contributed by atoms with E-state index in [2.05, 4.69) is 0 Å². The van der Waals surface area contributed by atoms with Gasteiger partial charge < -0.3 is 9.64 Å². The van der Waals surface area contributed by atoms with Crippen LogP contribution < -0.4 is 4.74 Å². The van der Waals surface area contributed by atoms with Crippen LogP contribution >= 0.6 is 23.4 Å². The molecule has 1 amide bonds. The van der Waals surface area contributed by atoms with Gasteiger partial charge in [0.15, 0.2) is 0 Å². The van der Waals surface area contributed by atoms with Gasteiger partial charge in [-0.3, -0.25) is 4.79 Å². The van der Waals surface area contributed by atoms with E-state index in [0.29, 0.717) is 6.54 Å². The Bertz CT molecular complexity index is 936. The Balaban J connectivity index is 1.53. The van der Waals surface area contributed by atoms with Crippen molar-refractivity contribution in [3.63, 3.8) is 0 Å². The molecule has 0 radical (unpaired) electrons. The zero-order valence-electron chi connectivity index (χ0n) is 15.2. The zero-order chi connectivity index (χ0) is 19.3. The lowest BCUT2D eigenvalue weighted by Gasteiger charge is -2.26. The molecule has 0 aromatic heterocycles. The lowest BCUT2D eigenvalue weighted by atomic mass is 10.1. The molecule has 3 aromatic rings. The summed E-state index contributed by atoms with van der Waals surface area (Å²) < 4.78 is 5.95. The highest BCUT2D eigenvalue weighted by Gasteiger charge is 2.34. The minimum atomic E-state index is -0.675. The number of carbonyl (C=O) groups is 1. The molecule has 28 heavy (non-hydrogen) atoms. The molecule has 142 valence electrons. The van der Waals surface area contributed by atoms with E-state index in [0.717, 1.165) is 28.4 Å². The molecule has 0 N–H and O–H groups in total. The Morgan fingerprint density at radius 3 is 2.39 bits per heavy atom. The second-order valence-electron chi connectivity index (χ2n) is 6.52. The Hall–Kier alpha value is -2.43. The normalized spacial score (nSPS) is 17.3. The van der Waals surface area contributed by atoms with Crippen molar-refractivity contribution in [2.75, 3.05) is 12.3 Å². The number of hydrogen-bond donors (Lipinski definition) is 0. The summed E-state index contributed by atoms with van der Waals surface area (Å²) in [5.74, 6) is 2.38. The molecule has 4 rings (SSSR count). The molecule has 5 heteroatoms. The van der Waals surface area contributed by atoms with Gasteiger partial charge in [0.25, 0.3) is 0 Å². The monoisotopic (exact) mass is 409 g/mol. The average molecular weight is 410 g/mol. The van der Waals surface area contributed by atoms with Crippen LogP contribution in [0.5, 0.6) is 11.5 Å². The van der Waals surface area contributed by atoms with Crippen molar-refractivity contribution in [1.29, 1.82) is 0 Å². The largest absolute Gasteiger partial charge is 0.457 e. The maximum atomic E-state index is 13.1. The van der Waals surface area contributed by atoms with Crippen molar-refractivity contribution in [3.8, 4) is 11.5 Å². The van der Waals surface area contributed by atoms with Crippen LogP contribution in [0.2, 0.25) is 0 Å². The topological polar surface area (TPSA) is 29.5 Å². The molecule has 0 bridgehead atoms. The number of thioether (sulfide) groups is 1. The lowest BCUT2D eigenvalue weighted by molar-refractivity contribution is -0.131. The smallest absolute Gasteiger partial charge is 0.246 e. The summed E-state index contributed by atoms with van der Waals surface area (Å²) in [6, 6.07) is 27.1. The molecule has 1 heterocycles. The first-order valence-corrected chi connectivity index (χ1v) is 10.6. The van der Waals surface area contributed by atoms with Crippen LogP contribution in [0.3, 0.4) is 0 Å². The third kappa shape index (κ3) is 4.18. The molecule has 1 aliphatic heterocycles. The van der Waals surface area contributed by atoms with Crippen LogP contribution in [-0.4, -0.2) is 23.1 Å². The first-order valence-electron chi connectivity index (χ1n) is 9.16. The van der Waals surface area contributed by atoms with E-state index in [9.17, 15) is 4.79 Å². The maximum Gasteiger partial charge on any atom is 0.246 e. The van der Waals surface area contributed by atoms with E-state index < -0.39 is 5.38 Å². The Labute approximate surface area is 174 Å². The van der Waals surface area contributed by atoms with E-state index in [1.54, 1.807) is 11.8 Å². The van der Waals surface area contributed by atoms with Gasteiger partial charge >= 0.3 is 0 Å². The Kier molecular flexibility index (Phi) is 5.89. The number of para-hydroxylation sites is 1. The third-order valence-electron chi connectivity index (χ3n) is 4.61. The maximum absolute atomic E-state index is 13.1. The second kappa shape index (κ2) is 8.72. The summed E-state index contributed by atoms with van der Waals surface area (Å²) >= 11 is 8.25.